The molecule has 0 unspecified atom stereocenters. The zero-order valence-electron chi connectivity index (χ0n) is 9.66. The molecule has 16 heavy (non-hydrogen) atoms. The predicted molar refractivity (Wildman–Crippen MR) is 78.2 cm³/mol. The van der Waals surface area contributed by atoms with Crippen molar-refractivity contribution >= 4 is 38.8 Å². The van der Waals surface area contributed by atoms with Gasteiger partial charge in [0.25, 0.3) is 0 Å². The van der Waals surface area contributed by atoms with Crippen LogP contribution in [0.4, 0.5) is 5.69 Å². The second-order valence-electron chi connectivity index (χ2n) is 3.61. The van der Waals surface area contributed by atoms with Crippen molar-refractivity contribution < 1.29 is 0 Å². The van der Waals surface area contributed by atoms with E-state index < -0.39 is 0 Å². The minimum absolute atomic E-state index is 0.428. The second-order valence-corrected chi connectivity index (χ2v) is 4.90. The molecule has 0 saturated heterocycles. The lowest BCUT2D eigenvalue weighted by Gasteiger charge is -2.23. The first-order chi connectivity index (χ1) is 7.60. The third-order valence-electron chi connectivity index (χ3n) is 2.46. The Morgan fingerprint density at radius 1 is 1.44 bits per heavy atom. The predicted octanol–water partition coefficient (Wildman–Crippen LogP) is 3.32. The monoisotopic (exact) mass is 300 g/mol. The van der Waals surface area contributed by atoms with Crippen LogP contribution in [0.2, 0.25) is 0 Å². The quantitative estimate of drug-likeness (QED) is 0.846. The van der Waals surface area contributed by atoms with Crippen LogP contribution >= 0.6 is 28.1 Å². The van der Waals surface area contributed by atoms with Gasteiger partial charge in [0.05, 0.1) is 0 Å². The smallest absolute Gasteiger partial charge is 0.105 e. The molecule has 0 fully saturated rings. The summed E-state index contributed by atoms with van der Waals surface area (Å²) in [5.41, 5.74) is 7.72. The number of hydrogen-bond acceptors (Lipinski definition) is 2. The van der Waals surface area contributed by atoms with Gasteiger partial charge in [0.1, 0.15) is 4.99 Å². The normalized spacial score (nSPS) is 10.2. The van der Waals surface area contributed by atoms with Gasteiger partial charge in [-0.2, -0.15) is 0 Å². The van der Waals surface area contributed by atoms with Gasteiger partial charge in [-0.15, -0.1) is 0 Å². The van der Waals surface area contributed by atoms with Gasteiger partial charge >= 0.3 is 0 Å². The van der Waals surface area contributed by atoms with Crippen LogP contribution in [0.1, 0.15) is 25.8 Å². The van der Waals surface area contributed by atoms with Crippen molar-refractivity contribution in [2.24, 2.45) is 5.73 Å². The van der Waals surface area contributed by atoms with Crippen molar-refractivity contribution in [2.75, 3.05) is 18.0 Å². The standard InChI is InChI=1S/C12H17BrN2S/c1-3-7-15(4-2)9-5-6-10(12(14)16)11(13)8-9/h5-6,8H,3-4,7H2,1-2H3,(H2,14,16). The first kappa shape index (κ1) is 13.5. The van der Waals surface area contributed by atoms with Crippen molar-refractivity contribution in [1.82, 2.24) is 0 Å². The molecule has 1 aromatic carbocycles. The van der Waals surface area contributed by atoms with E-state index in [4.69, 9.17) is 18.0 Å². The number of thiocarbonyl (C=S) groups is 1. The summed E-state index contributed by atoms with van der Waals surface area (Å²) in [6.45, 7) is 6.41. The molecule has 1 aromatic rings. The highest BCUT2D eigenvalue weighted by Crippen LogP contribution is 2.24. The Morgan fingerprint density at radius 3 is 2.56 bits per heavy atom. The van der Waals surface area contributed by atoms with Crippen LogP contribution in [0.25, 0.3) is 0 Å². The van der Waals surface area contributed by atoms with Gasteiger partial charge < -0.3 is 10.6 Å². The lowest BCUT2D eigenvalue weighted by Crippen LogP contribution is -2.23. The first-order valence-electron chi connectivity index (χ1n) is 5.44. The largest absolute Gasteiger partial charge is 0.389 e. The van der Waals surface area contributed by atoms with Gasteiger partial charge in [-0.1, -0.05) is 19.1 Å². The molecule has 88 valence electrons. The molecule has 0 aliphatic heterocycles. The molecule has 4 heteroatoms. The number of nitrogens with zero attached hydrogens (tertiary/aromatic N) is 1. The van der Waals surface area contributed by atoms with Crippen LogP contribution in [0.5, 0.6) is 0 Å². The Labute approximate surface area is 111 Å². The Balaban J connectivity index is 2.99. The van der Waals surface area contributed by atoms with E-state index in [0.29, 0.717) is 4.99 Å². The van der Waals surface area contributed by atoms with Crippen molar-refractivity contribution in [3.63, 3.8) is 0 Å². The fraction of sp³-hybridized carbons (Fsp3) is 0.417. The summed E-state index contributed by atoms with van der Waals surface area (Å²) in [6, 6.07) is 6.12. The molecular formula is C12H17BrN2S. The second kappa shape index (κ2) is 6.21. The lowest BCUT2D eigenvalue weighted by molar-refractivity contribution is 0.791. The Kier molecular flexibility index (Phi) is 5.22. The van der Waals surface area contributed by atoms with Crippen LogP contribution in [0.3, 0.4) is 0 Å². The van der Waals surface area contributed by atoms with Crippen LogP contribution in [0.15, 0.2) is 22.7 Å². The number of nitrogens with two attached hydrogens (primary N) is 1. The zero-order valence-corrected chi connectivity index (χ0v) is 12.1. The van der Waals surface area contributed by atoms with Gasteiger partial charge in [-0.05, 0) is 47.5 Å². The molecular weight excluding hydrogens is 284 g/mol. The molecule has 0 heterocycles. The molecule has 0 aliphatic carbocycles. The van der Waals surface area contributed by atoms with Crippen LogP contribution in [-0.4, -0.2) is 18.1 Å². The summed E-state index contributed by atoms with van der Waals surface area (Å²) < 4.78 is 0.965. The summed E-state index contributed by atoms with van der Waals surface area (Å²) in [6.07, 6.45) is 1.14. The molecule has 0 bridgehead atoms. The first-order valence-corrected chi connectivity index (χ1v) is 6.64. The maximum Gasteiger partial charge on any atom is 0.105 e. The molecule has 0 saturated carbocycles. The summed E-state index contributed by atoms with van der Waals surface area (Å²) >= 11 is 8.47. The maximum absolute atomic E-state index is 5.62. The minimum Gasteiger partial charge on any atom is -0.389 e. The van der Waals surface area contributed by atoms with Gasteiger partial charge in [0.15, 0.2) is 0 Å². The number of hydrogen-bond donors (Lipinski definition) is 1. The van der Waals surface area contributed by atoms with E-state index in [-0.39, 0.29) is 0 Å². The third-order valence-corrected chi connectivity index (χ3v) is 3.33. The highest BCUT2D eigenvalue weighted by atomic mass is 79.9. The number of rotatable bonds is 5. The van der Waals surface area contributed by atoms with Crippen molar-refractivity contribution in [3.8, 4) is 0 Å². The molecule has 0 spiro atoms. The Hall–Kier alpha value is -0.610. The number of halogens is 1. The molecule has 0 amide bonds. The summed E-state index contributed by atoms with van der Waals surface area (Å²) in [7, 11) is 0. The number of benzene rings is 1. The average Bonchev–Trinajstić information content (AvgIpc) is 2.25. The topological polar surface area (TPSA) is 29.3 Å². The Bertz CT molecular complexity index is 379. The average molecular weight is 301 g/mol. The van der Waals surface area contributed by atoms with E-state index in [9.17, 15) is 0 Å². The minimum atomic E-state index is 0.428. The maximum atomic E-state index is 5.62. The van der Waals surface area contributed by atoms with Crippen molar-refractivity contribution in [3.05, 3.63) is 28.2 Å². The fourth-order valence-electron chi connectivity index (χ4n) is 1.64. The molecule has 0 atom stereocenters. The van der Waals surface area contributed by atoms with E-state index in [2.05, 4.69) is 46.8 Å². The van der Waals surface area contributed by atoms with E-state index in [1.165, 1.54) is 5.69 Å². The van der Waals surface area contributed by atoms with E-state index in [1.807, 2.05) is 6.07 Å². The van der Waals surface area contributed by atoms with E-state index in [1.54, 1.807) is 0 Å². The van der Waals surface area contributed by atoms with E-state index in [0.717, 1.165) is 29.5 Å². The fourth-order valence-corrected chi connectivity index (χ4v) is 2.53. The number of anilines is 1. The van der Waals surface area contributed by atoms with Crippen molar-refractivity contribution in [2.45, 2.75) is 20.3 Å². The molecule has 0 radical (unpaired) electrons. The molecule has 0 aliphatic rings. The summed E-state index contributed by atoms with van der Waals surface area (Å²) in [5.74, 6) is 0. The van der Waals surface area contributed by atoms with Crippen molar-refractivity contribution in [1.29, 1.82) is 0 Å². The highest BCUT2D eigenvalue weighted by Gasteiger charge is 2.07. The lowest BCUT2D eigenvalue weighted by atomic mass is 10.2. The van der Waals surface area contributed by atoms with Gasteiger partial charge in [0, 0.05) is 28.8 Å². The molecule has 2 N–H and O–H groups in total. The van der Waals surface area contributed by atoms with Crippen LogP contribution in [0, 0.1) is 0 Å². The summed E-state index contributed by atoms with van der Waals surface area (Å²) in [5, 5.41) is 0. The van der Waals surface area contributed by atoms with Crippen LogP contribution < -0.4 is 10.6 Å². The van der Waals surface area contributed by atoms with Gasteiger partial charge in [0.2, 0.25) is 0 Å². The van der Waals surface area contributed by atoms with Crippen LogP contribution in [-0.2, 0) is 0 Å². The molecule has 2 nitrogen and oxygen atoms in total. The highest BCUT2D eigenvalue weighted by molar-refractivity contribution is 9.10. The SMILES string of the molecule is CCCN(CC)c1ccc(C(N)=S)c(Br)c1. The molecule has 1 rings (SSSR count). The van der Waals surface area contributed by atoms with Gasteiger partial charge in [-0.3, -0.25) is 0 Å². The summed E-state index contributed by atoms with van der Waals surface area (Å²) in [4.78, 5) is 2.76. The zero-order chi connectivity index (χ0) is 12.1. The Morgan fingerprint density at radius 2 is 2.12 bits per heavy atom. The van der Waals surface area contributed by atoms with Gasteiger partial charge in [-0.25, -0.2) is 0 Å². The third kappa shape index (κ3) is 3.19. The van der Waals surface area contributed by atoms with E-state index >= 15 is 0 Å². The molecule has 0 aromatic heterocycles.